The fourth-order valence-electron chi connectivity index (χ4n) is 5.34. The van der Waals surface area contributed by atoms with E-state index in [4.69, 9.17) is 4.74 Å². The number of ether oxygens (including phenoxy) is 1. The molecular formula is C29H31FN8O3. The van der Waals surface area contributed by atoms with Crippen LogP contribution in [0.1, 0.15) is 24.0 Å². The molecule has 2 atom stereocenters. The molecule has 0 spiro atoms. The molecule has 3 aromatic heterocycles. The summed E-state index contributed by atoms with van der Waals surface area (Å²) in [5.74, 6) is 0.516. The number of rotatable bonds is 8. The van der Waals surface area contributed by atoms with Gasteiger partial charge in [0, 0.05) is 22.7 Å². The molecule has 1 saturated heterocycles. The highest BCUT2D eigenvalue weighted by molar-refractivity contribution is 5.91. The van der Waals surface area contributed by atoms with Crippen LogP contribution < -0.4 is 16.0 Å². The highest BCUT2D eigenvalue weighted by atomic mass is 19.1. The summed E-state index contributed by atoms with van der Waals surface area (Å²) in [6, 6.07) is 12.4. The number of piperidine rings is 1. The lowest BCUT2D eigenvalue weighted by Crippen LogP contribution is -2.41. The van der Waals surface area contributed by atoms with Crippen molar-refractivity contribution < 1.29 is 19.0 Å². The van der Waals surface area contributed by atoms with Crippen LogP contribution in [0.25, 0.3) is 16.4 Å². The predicted molar refractivity (Wildman–Crippen MR) is 153 cm³/mol. The van der Waals surface area contributed by atoms with Crippen LogP contribution in [-0.2, 0) is 11.3 Å². The van der Waals surface area contributed by atoms with Gasteiger partial charge in [0.2, 0.25) is 0 Å². The van der Waals surface area contributed by atoms with Gasteiger partial charge < -0.3 is 20.5 Å². The minimum Gasteiger partial charge on any atom is -0.449 e. The molecule has 0 radical (unpaired) electrons. The number of hydrogen-bond acceptors (Lipinski definition) is 8. The van der Waals surface area contributed by atoms with E-state index in [0.717, 1.165) is 47.1 Å². The number of carbonyl (C=O) groups excluding carboxylic acids is 1. The summed E-state index contributed by atoms with van der Waals surface area (Å²) in [5.41, 5.74) is 4.64. The Morgan fingerprint density at radius 2 is 2.15 bits per heavy atom. The number of amides is 1. The topological polar surface area (TPSA) is 131 Å². The number of aryl methyl sites for hydroxylation is 1. The zero-order valence-electron chi connectivity index (χ0n) is 22.5. The van der Waals surface area contributed by atoms with Crippen molar-refractivity contribution in [1.82, 2.24) is 29.7 Å². The van der Waals surface area contributed by atoms with Crippen LogP contribution in [0.4, 0.5) is 26.4 Å². The molecule has 0 saturated carbocycles. The lowest BCUT2D eigenvalue weighted by Gasteiger charge is -2.28. The molecular weight excluding hydrogens is 527 g/mol. The van der Waals surface area contributed by atoms with E-state index < -0.39 is 6.09 Å². The quantitative estimate of drug-likeness (QED) is 0.223. The first-order valence-corrected chi connectivity index (χ1v) is 13.5. The van der Waals surface area contributed by atoms with Crippen molar-refractivity contribution in [3.8, 4) is 0 Å². The Morgan fingerprint density at radius 1 is 1.24 bits per heavy atom. The van der Waals surface area contributed by atoms with Crippen molar-refractivity contribution in [2.75, 3.05) is 30.4 Å². The molecule has 1 fully saturated rings. The number of aromatic nitrogens is 5. The molecule has 1 aliphatic rings. The van der Waals surface area contributed by atoms with Gasteiger partial charge in [0.25, 0.3) is 0 Å². The Bertz CT molecular complexity index is 1700. The van der Waals surface area contributed by atoms with E-state index in [9.17, 15) is 14.3 Å². The zero-order chi connectivity index (χ0) is 28.3. The third kappa shape index (κ3) is 5.83. The first kappa shape index (κ1) is 26.7. The molecule has 6 rings (SSSR count). The van der Waals surface area contributed by atoms with Gasteiger partial charge in [-0.05, 0) is 68.1 Å². The highest BCUT2D eigenvalue weighted by Gasteiger charge is 2.23. The zero-order valence-corrected chi connectivity index (χ0v) is 22.5. The van der Waals surface area contributed by atoms with Gasteiger partial charge in [0.1, 0.15) is 17.7 Å². The molecule has 41 heavy (non-hydrogen) atoms. The van der Waals surface area contributed by atoms with Crippen LogP contribution in [0.5, 0.6) is 0 Å². The third-order valence-corrected chi connectivity index (χ3v) is 7.46. The van der Waals surface area contributed by atoms with Gasteiger partial charge in [-0.3, -0.25) is 10.00 Å². The number of carbonyl (C=O) groups is 1. The van der Waals surface area contributed by atoms with Gasteiger partial charge in [-0.25, -0.2) is 18.7 Å². The number of nitrogens with one attached hydrogen (secondary N) is 3. The summed E-state index contributed by atoms with van der Waals surface area (Å²) in [6.45, 7) is 3.51. The van der Waals surface area contributed by atoms with Gasteiger partial charge >= 0.3 is 6.09 Å². The normalized spacial score (nSPS) is 17.1. The lowest BCUT2D eigenvalue weighted by atomic mass is 9.94. The van der Waals surface area contributed by atoms with Crippen LogP contribution in [0.2, 0.25) is 0 Å². The molecule has 1 amide bonds. The third-order valence-electron chi connectivity index (χ3n) is 7.46. The molecule has 2 aromatic carbocycles. The number of halogens is 1. The van der Waals surface area contributed by atoms with Crippen molar-refractivity contribution in [2.45, 2.75) is 32.4 Å². The number of anilines is 3. The Hall–Kier alpha value is -4.55. The summed E-state index contributed by atoms with van der Waals surface area (Å²) in [7, 11) is 0. The maximum atomic E-state index is 13.6. The highest BCUT2D eigenvalue weighted by Crippen LogP contribution is 2.30. The SMILES string of the molecule is Cc1c(NC(=O)OC[C@H]2CCN[C@H](CO)C2)cn2ncnc(Nc3ccc4c(cnn4Cc4cccc(F)c4)c3)c12. The molecule has 11 nitrogen and oxygen atoms in total. The fraction of sp³-hybridized carbons (Fsp3) is 0.310. The molecule has 4 heterocycles. The van der Waals surface area contributed by atoms with Crippen molar-refractivity contribution in [2.24, 2.45) is 5.92 Å². The van der Waals surface area contributed by atoms with Crippen LogP contribution in [0.3, 0.4) is 0 Å². The minimum atomic E-state index is -0.536. The second kappa shape index (κ2) is 11.5. The Morgan fingerprint density at radius 3 is 3.00 bits per heavy atom. The number of nitrogens with zero attached hydrogens (tertiary/aromatic N) is 5. The van der Waals surface area contributed by atoms with E-state index >= 15 is 0 Å². The number of fused-ring (bicyclic) bond motifs is 2. The van der Waals surface area contributed by atoms with E-state index in [0.29, 0.717) is 30.2 Å². The van der Waals surface area contributed by atoms with Gasteiger partial charge in [-0.2, -0.15) is 10.2 Å². The summed E-state index contributed by atoms with van der Waals surface area (Å²) >= 11 is 0. The molecule has 4 N–H and O–H groups in total. The predicted octanol–water partition coefficient (Wildman–Crippen LogP) is 4.23. The van der Waals surface area contributed by atoms with Crippen molar-refractivity contribution in [3.05, 3.63) is 78.1 Å². The van der Waals surface area contributed by atoms with Crippen LogP contribution in [0.15, 0.2) is 61.2 Å². The van der Waals surface area contributed by atoms with E-state index in [1.54, 1.807) is 23.0 Å². The lowest BCUT2D eigenvalue weighted by molar-refractivity contribution is 0.113. The van der Waals surface area contributed by atoms with Crippen molar-refractivity contribution in [1.29, 1.82) is 0 Å². The molecule has 0 bridgehead atoms. The molecule has 0 unspecified atom stereocenters. The van der Waals surface area contributed by atoms with Crippen molar-refractivity contribution >= 4 is 39.7 Å². The van der Waals surface area contributed by atoms with E-state index in [1.165, 1.54) is 18.5 Å². The van der Waals surface area contributed by atoms with E-state index in [1.807, 2.05) is 35.9 Å². The molecule has 0 aliphatic carbocycles. The summed E-state index contributed by atoms with van der Waals surface area (Å²) in [6.07, 6.45) is 6.07. The standard InChI is InChI=1S/C29H31FN8O3/c1-18-25(36-29(40)41-16-20-7-8-31-24(10-20)15-39)14-38-27(18)28(32-17-34-38)35-23-5-6-26-21(11-23)12-33-37(26)13-19-3-2-4-22(30)9-19/h2-6,9,11-12,14,17,20,24,31,39H,7-8,10,13,15-16H2,1H3,(H,36,40)(H,32,34,35)/t20-,24-/m0/s1. The molecule has 5 aromatic rings. The van der Waals surface area contributed by atoms with Crippen molar-refractivity contribution in [3.63, 3.8) is 0 Å². The smallest absolute Gasteiger partial charge is 0.411 e. The average Bonchev–Trinajstić information content (AvgIpc) is 3.52. The first-order valence-electron chi connectivity index (χ1n) is 13.5. The second-order valence-electron chi connectivity index (χ2n) is 10.3. The van der Waals surface area contributed by atoms with E-state index in [-0.39, 0.29) is 24.4 Å². The Labute approximate surface area is 235 Å². The number of aliphatic hydroxyl groups excluding tert-OH is 1. The minimum absolute atomic E-state index is 0.0426. The fourth-order valence-corrected chi connectivity index (χ4v) is 5.34. The Kier molecular flexibility index (Phi) is 7.49. The van der Waals surface area contributed by atoms with E-state index in [2.05, 4.69) is 31.1 Å². The van der Waals surface area contributed by atoms with Crippen LogP contribution >= 0.6 is 0 Å². The first-order chi connectivity index (χ1) is 20.0. The van der Waals surface area contributed by atoms with Crippen LogP contribution in [0, 0.1) is 18.7 Å². The van der Waals surface area contributed by atoms with Gasteiger partial charge in [0.15, 0.2) is 5.82 Å². The maximum absolute atomic E-state index is 13.6. The van der Waals surface area contributed by atoms with Gasteiger partial charge in [-0.15, -0.1) is 0 Å². The molecule has 12 heteroatoms. The average molecular weight is 559 g/mol. The number of hydrogen-bond donors (Lipinski definition) is 4. The summed E-state index contributed by atoms with van der Waals surface area (Å²) in [4.78, 5) is 17.0. The number of aliphatic hydroxyl groups is 1. The van der Waals surface area contributed by atoms with Gasteiger partial charge in [-0.1, -0.05) is 12.1 Å². The summed E-state index contributed by atoms with van der Waals surface area (Å²) in [5, 5.41) is 28.5. The molecule has 1 aliphatic heterocycles. The second-order valence-corrected chi connectivity index (χ2v) is 10.3. The Balaban J connectivity index is 1.15. The van der Waals surface area contributed by atoms with Crippen LogP contribution in [-0.4, -0.2) is 61.4 Å². The summed E-state index contributed by atoms with van der Waals surface area (Å²) < 4.78 is 22.6. The monoisotopic (exact) mass is 558 g/mol. The maximum Gasteiger partial charge on any atom is 0.411 e. The van der Waals surface area contributed by atoms with Gasteiger partial charge in [0.05, 0.1) is 43.4 Å². The largest absolute Gasteiger partial charge is 0.449 e. The molecule has 212 valence electrons. The number of benzene rings is 2.